The number of carbonyl (C=O) groups excluding carboxylic acids is 2. The SMILES string of the molecule is CCCCC/C=C\C/C=C\C/C=C\C/C=C\CCCC(=O)O[C@H](COC(=O)CCCCCCCCCCCCCCCCC)COP(=O)([O-])OC1C(O)C(OP(=O)([O-])O)C(OP(=O)([O-])O)[C@@H](OP(=O)([O-])O)C1O. The molecule has 5 N–H and O–H groups in total. The van der Waals surface area contributed by atoms with Gasteiger partial charge in [-0.15, -0.1) is 0 Å². The molecule has 0 amide bonds. The van der Waals surface area contributed by atoms with Crippen molar-refractivity contribution in [2.24, 2.45) is 0 Å². The van der Waals surface area contributed by atoms with E-state index in [1.807, 2.05) is 24.3 Å². The molecule has 1 rings (SSSR count). The third-order valence-electron chi connectivity index (χ3n) is 11.4. The minimum absolute atomic E-state index is 0.000994. The molecule has 1 aliphatic carbocycles. The van der Waals surface area contributed by atoms with Gasteiger partial charge in [0.1, 0.15) is 43.2 Å². The number of carbonyl (C=O) groups is 2. The third kappa shape index (κ3) is 37.6. The van der Waals surface area contributed by atoms with E-state index in [9.17, 15) is 72.3 Å². The number of aliphatic hydroxyl groups excluding tert-OH is 2. The van der Waals surface area contributed by atoms with Gasteiger partial charge in [-0.2, -0.15) is 0 Å². The third-order valence-corrected chi connectivity index (χ3v) is 13.8. The maximum absolute atomic E-state index is 13.1. The Bertz CT molecular complexity index is 1770. The van der Waals surface area contributed by atoms with Crippen LogP contribution in [0.3, 0.4) is 0 Å². The number of hydrogen-bond acceptors (Lipinski definition) is 19. The lowest BCUT2D eigenvalue weighted by Crippen LogP contribution is -2.66. The van der Waals surface area contributed by atoms with E-state index >= 15 is 0 Å². The van der Waals surface area contributed by atoms with Crippen molar-refractivity contribution in [2.45, 2.75) is 224 Å². The molecule has 0 saturated heterocycles. The molecule has 11 atom stereocenters. The number of phosphoric acid groups is 4. The Kier molecular flexibility index (Phi) is 37.6. The summed E-state index contributed by atoms with van der Waals surface area (Å²) in [7, 11) is -24.2. The van der Waals surface area contributed by atoms with Crippen molar-refractivity contribution < 1.29 is 104 Å². The predicted molar refractivity (Wildman–Crippen MR) is 263 cm³/mol. The van der Waals surface area contributed by atoms with Gasteiger partial charge < -0.3 is 76.6 Å². The van der Waals surface area contributed by atoms with Crippen LogP contribution in [0.25, 0.3) is 0 Å². The van der Waals surface area contributed by atoms with Gasteiger partial charge >= 0.3 is 11.9 Å². The number of unbranched alkanes of at least 4 members (excludes halogenated alkanes) is 18. The van der Waals surface area contributed by atoms with E-state index in [-0.39, 0.29) is 12.8 Å². The molecule has 1 fully saturated rings. The molecular formula is C47H82O22P4-4. The Balaban J connectivity index is 2.90. The van der Waals surface area contributed by atoms with Crippen LogP contribution in [-0.4, -0.2) is 92.8 Å². The largest absolute Gasteiger partial charge is 0.756 e. The smallest absolute Gasteiger partial charge is 0.306 e. The number of aliphatic hydroxyl groups is 2. The molecule has 9 unspecified atom stereocenters. The fourth-order valence-electron chi connectivity index (χ4n) is 7.64. The minimum atomic E-state index is -6.10. The van der Waals surface area contributed by atoms with E-state index in [1.54, 1.807) is 0 Å². The van der Waals surface area contributed by atoms with Crippen molar-refractivity contribution in [3.63, 3.8) is 0 Å². The Hall–Kier alpha value is -1.74. The van der Waals surface area contributed by atoms with Crippen molar-refractivity contribution in [3.8, 4) is 0 Å². The van der Waals surface area contributed by atoms with Gasteiger partial charge in [0.25, 0.3) is 31.3 Å². The first-order chi connectivity index (χ1) is 34.5. The van der Waals surface area contributed by atoms with Crippen LogP contribution in [0.5, 0.6) is 0 Å². The summed E-state index contributed by atoms with van der Waals surface area (Å²) in [6.07, 6.45) is 21.9. The van der Waals surface area contributed by atoms with Crippen molar-refractivity contribution in [2.75, 3.05) is 13.2 Å². The monoisotopic (exact) mass is 1120 g/mol. The summed E-state index contributed by atoms with van der Waals surface area (Å²) < 4.78 is 80.6. The maximum atomic E-state index is 13.1. The topological polar surface area (TPSA) is 360 Å². The second-order valence-corrected chi connectivity index (χ2v) is 22.7. The van der Waals surface area contributed by atoms with Crippen LogP contribution in [0.4, 0.5) is 0 Å². The summed E-state index contributed by atoms with van der Waals surface area (Å²) >= 11 is 0. The van der Waals surface area contributed by atoms with Crippen LogP contribution in [0.2, 0.25) is 0 Å². The number of hydrogen-bond donors (Lipinski definition) is 5. The predicted octanol–water partition coefficient (Wildman–Crippen LogP) is 6.99. The van der Waals surface area contributed by atoms with Gasteiger partial charge in [-0.3, -0.25) is 27.8 Å². The van der Waals surface area contributed by atoms with Gasteiger partial charge in [0.05, 0.1) is 6.61 Å². The first-order valence-corrected chi connectivity index (χ1v) is 31.5. The lowest BCUT2D eigenvalue weighted by molar-refractivity contribution is -0.286. The highest BCUT2D eigenvalue weighted by Gasteiger charge is 2.56. The van der Waals surface area contributed by atoms with Gasteiger partial charge in [0.15, 0.2) is 6.10 Å². The van der Waals surface area contributed by atoms with Gasteiger partial charge in [0.2, 0.25) is 0 Å². The first-order valence-electron chi connectivity index (χ1n) is 25.6. The second-order valence-electron chi connectivity index (χ2n) is 17.9. The molecule has 1 aliphatic rings. The molecule has 0 aromatic rings. The molecule has 0 aromatic heterocycles. The van der Waals surface area contributed by atoms with Crippen molar-refractivity contribution in [1.29, 1.82) is 0 Å². The van der Waals surface area contributed by atoms with E-state index in [4.69, 9.17) is 18.5 Å². The fourth-order valence-corrected chi connectivity index (χ4v) is 10.3. The lowest BCUT2D eigenvalue weighted by Gasteiger charge is -2.49. The molecule has 22 nitrogen and oxygen atoms in total. The van der Waals surface area contributed by atoms with E-state index in [0.29, 0.717) is 25.7 Å². The molecule has 0 aliphatic heterocycles. The molecule has 0 spiro atoms. The average Bonchev–Trinajstić information content (AvgIpc) is 3.30. The zero-order chi connectivity index (χ0) is 54.6. The summed E-state index contributed by atoms with van der Waals surface area (Å²) in [5.74, 6) is -1.53. The molecule has 0 bridgehead atoms. The van der Waals surface area contributed by atoms with Gasteiger partial charge in [-0.05, 0) is 51.4 Å². The van der Waals surface area contributed by atoms with Crippen molar-refractivity contribution in [3.05, 3.63) is 48.6 Å². The number of allylic oxidation sites excluding steroid dienone is 8. The van der Waals surface area contributed by atoms with Crippen LogP contribution in [0.15, 0.2) is 48.6 Å². The maximum Gasteiger partial charge on any atom is 0.306 e. The van der Waals surface area contributed by atoms with Crippen LogP contribution in [0.1, 0.15) is 181 Å². The Labute approximate surface area is 431 Å². The molecule has 73 heavy (non-hydrogen) atoms. The summed E-state index contributed by atoms with van der Waals surface area (Å²) in [6.45, 7) is 2.55. The van der Waals surface area contributed by atoms with E-state index in [1.165, 1.54) is 77.0 Å². The van der Waals surface area contributed by atoms with Crippen LogP contribution < -0.4 is 19.6 Å². The highest BCUT2D eigenvalue weighted by molar-refractivity contribution is 7.46. The van der Waals surface area contributed by atoms with Crippen LogP contribution in [-0.2, 0) is 59.9 Å². The molecular weight excluding hydrogens is 1040 g/mol. The first kappa shape index (κ1) is 69.3. The normalized spacial score (nSPS) is 23.4. The Morgan fingerprint density at radius 2 is 0.836 bits per heavy atom. The van der Waals surface area contributed by atoms with E-state index in [0.717, 1.165) is 51.4 Å². The molecule has 0 heterocycles. The molecule has 0 radical (unpaired) electrons. The van der Waals surface area contributed by atoms with Gasteiger partial charge in [-0.1, -0.05) is 165 Å². The number of rotatable bonds is 44. The molecule has 1 saturated carbocycles. The number of esters is 2. The number of phosphoric ester groups is 4. The summed E-state index contributed by atoms with van der Waals surface area (Å²) in [6, 6.07) is 0. The zero-order valence-corrected chi connectivity index (χ0v) is 46.0. The number of ether oxygens (including phenoxy) is 2. The van der Waals surface area contributed by atoms with Gasteiger partial charge in [0, 0.05) is 12.8 Å². The highest BCUT2D eigenvalue weighted by Crippen LogP contribution is 2.50. The standard InChI is InChI=1S/C47H86O22P4/c1-3-5-7-9-11-13-15-17-19-20-22-24-26-28-30-32-34-36-41(49)65-39(37-63-40(48)35-33-31-29-27-25-23-21-18-16-14-12-10-8-6-4-2)38-64-73(61,62)69-44-42(50)45(66-70(52,53)54)47(68-72(58,59)60)46(43(44)51)67-71(55,56)57/h11,13,17,19,22,24,28,30,39,42-47,50-51H,3-10,12,14-16,18,20-21,23,25-27,29,31-38H2,1-2H3,(H,61,62)(H2,52,53,54)(H2,55,56,57)(H2,58,59,60)/p-4/b13-11-,19-17-,24-22-,30-28-/t39-,42?,43?,44?,45+,46?,47?/m1/s1. The van der Waals surface area contributed by atoms with Crippen LogP contribution >= 0.6 is 31.3 Å². The second kappa shape index (κ2) is 39.6. The Morgan fingerprint density at radius 3 is 1.27 bits per heavy atom. The summed E-state index contributed by atoms with van der Waals surface area (Å²) in [4.78, 5) is 101. The zero-order valence-electron chi connectivity index (χ0n) is 42.4. The molecule has 0 aromatic carbocycles. The minimum Gasteiger partial charge on any atom is -0.756 e. The van der Waals surface area contributed by atoms with Crippen LogP contribution in [0, 0.1) is 0 Å². The van der Waals surface area contributed by atoms with Gasteiger partial charge in [-0.25, -0.2) is 0 Å². The Morgan fingerprint density at radius 1 is 0.466 bits per heavy atom. The van der Waals surface area contributed by atoms with Crippen molar-refractivity contribution >= 4 is 43.2 Å². The van der Waals surface area contributed by atoms with E-state index in [2.05, 4.69) is 51.7 Å². The molecule has 426 valence electrons. The fraction of sp³-hybridized carbons (Fsp3) is 0.787. The summed E-state index contributed by atoms with van der Waals surface area (Å²) in [5, 5.41) is 21.7. The quantitative estimate of drug-likeness (QED) is 0.0177. The molecule has 26 heteroatoms. The highest BCUT2D eigenvalue weighted by atomic mass is 31.2. The summed E-state index contributed by atoms with van der Waals surface area (Å²) in [5.41, 5.74) is 0. The van der Waals surface area contributed by atoms with E-state index < -0.39 is 99.2 Å². The van der Waals surface area contributed by atoms with Crippen molar-refractivity contribution in [1.82, 2.24) is 0 Å². The lowest BCUT2D eigenvalue weighted by atomic mass is 9.85. The average molecular weight is 1120 g/mol.